The molecule has 1 fully saturated rings. The van der Waals surface area contributed by atoms with Gasteiger partial charge in [-0.2, -0.15) is 0 Å². The fourth-order valence-electron chi connectivity index (χ4n) is 3.91. The van der Waals surface area contributed by atoms with Crippen LogP contribution in [0.4, 0.5) is 5.69 Å². The standard InChI is InChI=1S/C23H26N4O2/c1-16-24-14-18(25-16)15-27-13-5-8-22(27)23(28)26-21-7-4-3-6-20(21)17-9-11-19(29-2)12-10-17/h3-4,6-7,9-12,14,22H,5,8,13,15H2,1-2H3,(H,24,25)(H,26,28)/t22-/m1/s1. The van der Waals surface area contributed by atoms with E-state index < -0.39 is 0 Å². The first kappa shape index (κ1) is 19.2. The molecular formula is C23H26N4O2. The maximum Gasteiger partial charge on any atom is 0.241 e. The van der Waals surface area contributed by atoms with Gasteiger partial charge in [-0.3, -0.25) is 9.69 Å². The number of ether oxygens (including phenoxy) is 1. The molecule has 0 radical (unpaired) electrons. The number of aromatic nitrogens is 2. The third-order valence-electron chi connectivity index (χ3n) is 5.38. The number of hydrogen-bond donors (Lipinski definition) is 2. The van der Waals surface area contributed by atoms with Crippen molar-refractivity contribution in [2.75, 3.05) is 19.0 Å². The Balaban J connectivity index is 1.50. The molecule has 6 nitrogen and oxygen atoms in total. The molecule has 1 amide bonds. The van der Waals surface area contributed by atoms with Crippen molar-refractivity contribution in [3.8, 4) is 16.9 Å². The van der Waals surface area contributed by atoms with Crippen LogP contribution in [0.5, 0.6) is 5.75 Å². The minimum absolute atomic E-state index is 0.0414. The van der Waals surface area contributed by atoms with Crippen molar-refractivity contribution in [1.82, 2.24) is 14.9 Å². The quantitative estimate of drug-likeness (QED) is 0.668. The molecule has 2 N–H and O–H groups in total. The molecule has 0 unspecified atom stereocenters. The van der Waals surface area contributed by atoms with Crippen molar-refractivity contribution >= 4 is 11.6 Å². The number of hydrogen-bond acceptors (Lipinski definition) is 4. The lowest BCUT2D eigenvalue weighted by Crippen LogP contribution is -2.39. The lowest BCUT2D eigenvalue weighted by molar-refractivity contribution is -0.120. The summed E-state index contributed by atoms with van der Waals surface area (Å²) in [5.74, 6) is 1.75. The maximum absolute atomic E-state index is 13.1. The summed E-state index contributed by atoms with van der Waals surface area (Å²) in [6, 6.07) is 15.6. The first-order valence-corrected chi connectivity index (χ1v) is 9.93. The lowest BCUT2D eigenvalue weighted by atomic mass is 10.0. The second-order valence-electron chi connectivity index (χ2n) is 7.39. The van der Waals surface area contributed by atoms with E-state index in [1.165, 1.54) is 0 Å². The number of aromatic amines is 1. The molecule has 150 valence electrons. The van der Waals surface area contributed by atoms with E-state index in [1.807, 2.05) is 61.7 Å². The zero-order valence-corrected chi connectivity index (χ0v) is 16.8. The van der Waals surface area contributed by atoms with Crippen LogP contribution in [0.1, 0.15) is 24.4 Å². The van der Waals surface area contributed by atoms with E-state index in [4.69, 9.17) is 4.74 Å². The minimum atomic E-state index is -0.137. The molecule has 1 saturated heterocycles. The molecule has 0 saturated carbocycles. The number of carbonyl (C=O) groups is 1. The third-order valence-corrected chi connectivity index (χ3v) is 5.38. The largest absolute Gasteiger partial charge is 0.497 e. The second kappa shape index (κ2) is 8.49. The number of carbonyl (C=O) groups excluding carboxylic acids is 1. The van der Waals surface area contributed by atoms with Gasteiger partial charge in [-0.1, -0.05) is 30.3 Å². The van der Waals surface area contributed by atoms with Gasteiger partial charge in [0.25, 0.3) is 0 Å². The van der Waals surface area contributed by atoms with Crippen LogP contribution in [0.25, 0.3) is 11.1 Å². The zero-order valence-electron chi connectivity index (χ0n) is 16.8. The van der Waals surface area contributed by atoms with E-state index in [0.29, 0.717) is 6.54 Å². The van der Waals surface area contributed by atoms with E-state index in [1.54, 1.807) is 7.11 Å². The number of aryl methyl sites for hydroxylation is 1. The van der Waals surface area contributed by atoms with Crippen LogP contribution in [0.3, 0.4) is 0 Å². The van der Waals surface area contributed by atoms with Crippen molar-refractivity contribution in [2.24, 2.45) is 0 Å². The highest BCUT2D eigenvalue weighted by Crippen LogP contribution is 2.30. The predicted molar refractivity (Wildman–Crippen MR) is 114 cm³/mol. The van der Waals surface area contributed by atoms with Crippen molar-refractivity contribution < 1.29 is 9.53 Å². The summed E-state index contributed by atoms with van der Waals surface area (Å²) in [6.07, 6.45) is 3.73. The number of benzene rings is 2. The summed E-state index contributed by atoms with van der Waals surface area (Å²) in [4.78, 5) is 22.8. The Bertz CT molecular complexity index is 981. The second-order valence-corrected chi connectivity index (χ2v) is 7.39. The normalized spacial score (nSPS) is 16.7. The number of anilines is 1. The highest BCUT2D eigenvalue weighted by Gasteiger charge is 2.31. The molecule has 2 aromatic carbocycles. The van der Waals surface area contributed by atoms with Crippen molar-refractivity contribution in [2.45, 2.75) is 32.4 Å². The molecule has 1 aliphatic rings. The van der Waals surface area contributed by atoms with Crippen molar-refractivity contribution in [3.05, 3.63) is 66.2 Å². The molecule has 6 heteroatoms. The van der Waals surface area contributed by atoms with Gasteiger partial charge in [0.1, 0.15) is 11.6 Å². The van der Waals surface area contributed by atoms with Crippen LogP contribution in [-0.4, -0.2) is 40.5 Å². The topological polar surface area (TPSA) is 70.2 Å². The first-order chi connectivity index (χ1) is 14.1. The van der Waals surface area contributed by atoms with E-state index in [2.05, 4.69) is 20.2 Å². The van der Waals surface area contributed by atoms with Gasteiger partial charge in [0.05, 0.1) is 13.2 Å². The maximum atomic E-state index is 13.1. The van der Waals surface area contributed by atoms with Gasteiger partial charge >= 0.3 is 0 Å². The summed E-state index contributed by atoms with van der Waals surface area (Å²) in [5, 5.41) is 3.16. The number of H-pyrrole nitrogens is 1. The molecule has 1 aromatic heterocycles. The van der Waals surface area contributed by atoms with Gasteiger partial charge in [0, 0.05) is 29.7 Å². The van der Waals surface area contributed by atoms with E-state index in [-0.39, 0.29) is 11.9 Å². The van der Waals surface area contributed by atoms with E-state index in [9.17, 15) is 4.79 Å². The van der Waals surface area contributed by atoms with Gasteiger partial charge in [0.15, 0.2) is 0 Å². The summed E-state index contributed by atoms with van der Waals surface area (Å²) < 4.78 is 5.25. The number of amides is 1. The summed E-state index contributed by atoms with van der Waals surface area (Å²) >= 11 is 0. The Morgan fingerprint density at radius 3 is 2.76 bits per heavy atom. The molecule has 0 aliphatic carbocycles. The van der Waals surface area contributed by atoms with Gasteiger partial charge in [0.2, 0.25) is 5.91 Å². The van der Waals surface area contributed by atoms with Crippen LogP contribution in [0, 0.1) is 6.92 Å². The molecule has 0 spiro atoms. The first-order valence-electron chi connectivity index (χ1n) is 9.93. The molecule has 29 heavy (non-hydrogen) atoms. The SMILES string of the molecule is COc1ccc(-c2ccccc2NC(=O)[C@H]2CCCN2Cc2cnc(C)[nH]2)cc1. The van der Waals surface area contributed by atoms with Gasteiger partial charge in [-0.05, 0) is 50.1 Å². The van der Waals surface area contributed by atoms with Gasteiger partial charge < -0.3 is 15.0 Å². The summed E-state index contributed by atoms with van der Waals surface area (Å²) in [7, 11) is 1.65. The zero-order chi connectivity index (χ0) is 20.2. The molecule has 1 aliphatic heterocycles. The number of nitrogens with one attached hydrogen (secondary N) is 2. The average Bonchev–Trinajstić information content (AvgIpc) is 3.37. The summed E-state index contributed by atoms with van der Waals surface area (Å²) in [6.45, 7) is 3.56. The van der Waals surface area contributed by atoms with E-state index >= 15 is 0 Å². The van der Waals surface area contributed by atoms with Crippen LogP contribution in [0.2, 0.25) is 0 Å². The number of likely N-dealkylation sites (tertiary alicyclic amines) is 1. The highest BCUT2D eigenvalue weighted by atomic mass is 16.5. The Labute approximate surface area is 170 Å². The highest BCUT2D eigenvalue weighted by molar-refractivity contribution is 5.98. The Morgan fingerprint density at radius 2 is 2.03 bits per heavy atom. The predicted octanol–water partition coefficient (Wildman–Crippen LogP) is 4.00. The molecule has 3 aromatic rings. The number of para-hydroxylation sites is 1. The monoisotopic (exact) mass is 390 g/mol. The Hall–Kier alpha value is -3.12. The summed E-state index contributed by atoms with van der Waals surface area (Å²) in [5.41, 5.74) is 3.91. The molecule has 2 heterocycles. The molecular weight excluding hydrogens is 364 g/mol. The van der Waals surface area contributed by atoms with Crippen molar-refractivity contribution in [1.29, 1.82) is 0 Å². The van der Waals surface area contributed by atoms with Crippen LogP contribution in [0.15, 0.2) is 54.7 Å². The minimum Gasteiger partial charge on any atom is -0.497 e. The molecule has 4 rings (SSSR count). The van der Waals surface area contributed by atoms with Crippen molar-refractivity contribution in [3.63, 3.8) is 0 Å². The van der Waals surface area contributed by atoms with Gasteiger partial charge in [-0.25, -0.2) is 4.98 Å². The number of nitrogens with zero attached hydrogens (tertiary/aromatic N) is 2. The van der Waals surface area contributed by atoms with Crippen LogP contribution >= 0.6 is 0 Å². The Kier molecular flexibility index (Phi) is 5.62. The number of rotatable bonds is 6. The fraction of sp³-hybridized carbons (Fsp3) is 0.304. The van der Waals surface area contributed by atoms with Gasteiger partial charge in [-0.15, -0.1) is 0 Å². The average molecular weight is 390 g/mol. The third kappa shape index (κ3) is 4.32. The van der Waals surface area contributed by atoms with Crippen LogP contribution < -0.4 is 10.1 Å². The smallest absolute Gasteiger partial charge is 0.241 e. The van der Waals surface area contributed by atoms with Crippen LogP contribution in [-0.2, 0) is 11.3 Å². The Morgan fingerprint density at radius 1 is 1.24 bits per heavy atom. The fourth-order valence-corrected chi connectivity index (χ4v) is 3.91. The lowest BCUT2D eigenvalue weighted by Gasteiger charge is -2.23. The molecule has 0 bridgehead atoms. The molecule has 1 atom stereocenters. The number of imidazole rings is 1. The van der Waals surface area contributed by atoms with E-state index in [0.717, 1.165) is 53.5 Å². The number of methoxy groups -OCH3 is 1.